The molecule has 0 saturated heterocycles. The SMILES string of the molecule is C=Cc1cncc(Oc2c(C)c(C(=O)O)nn2C(C)(C)C)c1C(F)(F)F. The molecule has 0 aliphatic heterocycles. The lowest BCUT2D eigenvalue weighted by atomic mass is 10.1. The molecule has 2 aromatic rings. The number of nitrogens with zero attached hydrogens (tertiary/aromatic N) is 3. The van der Waals surface area contributed by atoms with Gasteiger partial charge in [-0.15, -0.1) is 0 Å². The fraction of sp³-hybridized carbons (Fsp3) is 0.353. The van der Waals surface area contributed by atoms with Crippen LogP contribution in [-0.2, 0) is 11.7 Å². The Bertz CT molecular complexity index is 865. The second kappa shape index (κ2) is 6.47. The molecule has 2 heterocycles. The summed E-state index contributed by atoms with van der Waals surface area (Å²) < 4.78 is 47.2. The molecule has 0 aliphatic rings. The van der Waals surface area contributed by atoms with Crippen molar-refractivity contribution in [3.8, 4) is 11.6 Å². The van der Waals surface area contributed by atoms with Gasteiger partial charge in [0.25, 0.3) is 0 Å². The van der Waals surface area contributed by atoms with Gasteiger partial charge in [-0.25, -0.2) is 9.48 Å². The Morgan fingerprint density at radius 1 is 1.31 bits per heavy atom. The van der Waals surface area contributed by atoms with Crippen molar-refractivity contribution >= 4 is 12.0 Å². The Labute approximate surface area is 147 Å². The van der Waals surface area contributed by atoms with E-state index in [2.05, 4.69) is 16.7 Å². The minimum atomic E-state index is -4.71. The first-order valence-electron chi connectivity index (χ1n) is 7.56. The first-order chi connectivity index (χ1) is 11.9. The van der Waals surface area contributed by atoms with Crippen molar-refractivity contribution in [3.05, 3.63) is 41.4 Å². The molecule has 0 amide bonds. The molecule has 0 fully saturated rings. The number of carbonyl (C=O) groups is 1. The highest BCUT2D eigenvalue weighted by atomic mass is 19.4. The van der Waals surface area contributed by atoms with Gasteiger partial charge in [0.1, 0.15) is 5.56 Å². The third-order valence-corrected chi connectivity index (χ3v) is 3.56. The molecule has 0 spiro atoms. The molecule has 0 aliphatic carbocycles. The zero-order valence-corrected chi connectivity index (χ0v) is 14.7. The van der Waals surface area contributed by atoms with Crippen LogP contribution in [-0.4, -0.2) is 25.8 Å². The van der Waals surface area contributed by atoms with Gasteiger partial charge in [0.05, 0.1) is 11.7 Å². The minimum Gasteiger partial charge on any atom is -0.476 e. The van der Waals surface area contributed by atoms with E-state index >= 15 is 0 Å². The highest BCUT2D eigenvalue weighted by molar-refractivity contribution is 5.87. The summed E-state index contributed by atoms with van der Waals surface area (Å²) in [5.41, 5.74) is -2.19. The molecule has 0 saturated carbocycles. The van der Waals surface area contributed by atoms with Gasteiger partial charge in [-0.1, -0.05) is 12.7 Å². The molecule has 9 heteroatoms. The quantitative estimate of drug-likeness (QED) is 0.859. The molecule has 2 aromatic heterocycles. The first-order valence-corrected chi connectivity index (χ1v) is 7.56. The van der Waals surface area contributed by atoms with Gasteiger partial charge in [0, 0.05) is 17.3 Å². The van der Waals surface area contributed by atoms with Gasteiger partial charge >= 0.3 is 12.1 Å². The number of hydrogen-bond acceptors (Lipinski definition) is 4. The van der Waals surface area contributed by atoms with Gasteiger partial charge in [0.15, 0.2) is 11.4 Å². The van der Waals surface area contributed by atoms with Crippen molar-refractivity contribution < 1.29 is 27.8 Å². The zero-order chi connectivity index (χ0) is 19.9. The van der Waals surface area contributed by atoms with E-state index in [1.165, 1.54) is 11.6 Å². The summed E-state index contributed by atoms with van der Waals surface area (Å²) >= 11 is 0. The van der Waals surface area contributed by atoms with Crippen LogP contribution in [0.15, 0.2) is 19.0 Å². The van der Waals surface area contributed by atoms with Crippen LogP contribution in [0.5, 0.6) is 11.6 Å². The van der Waals surface area contributed by atoms with Gasteiger partial charge in [0.2, 0.25) is 5.88 Å². The molecular formula is C17H18F3N3O3. The average Bonchev–Trinajstić information content (AvgIpc) is 2.83. The summed E-state index contributed by atoms with van der Waals surface area (Å²) in [7, 11) is 0. The molecule has 2 rings (SSSR count). The second-order valence-corrected chi connectivity index (χ2v) is 6.57. The van der Waals surface area contributed by atoms with E-state index in [4.69, 9.17) is 4.74 Å². The van der Waals surface area contributed by atoms with E-state index in [-0.39, 0.29) is 22.7 Å². The Balaban J connectivity index is 2.70. The molecule has 140 valence electrons. The number of alkyl halides is 3. The fourth-order valence-corrected chi connectivity index (χ4v) is 2.35. The lowest BCUT2D eigenvalue weighted by molar-refractivity contribution is -0.138. The number of halogens is 3. The Hall–Kier alpha value is -2.84. The van der Waals surface area contributed by atoms with Crippen LogP contribution >= 0.6 is 0 Å². The van der Waals surface area contributed by atoms with Gasteiger partial charge in [-0.05, 0) is 27.7 Å². The monoisotopic (exact) mass is 369 g/mol. The topological polar surface area (TPSA) is 77.2 Å². The van der Waals surface area contributed by atoms with E-state index in [0.717, 1.165) is 18.5 Å². The van der Waals surface area contributed by atoms with E-state index in [9.17, 15) is 23.1 Å². The summed E-state index contributed by atoms with van der Waals surface area (Å²) in [5, 5.41) is 13.2. The molecule has 0 bridgehead atoms. The number of hydrogen-bond donors (Lipinski definition) is 1. The minimum absolute atomic E-state index is 0.0941. The fourth-order valence-electron chi connectivity index (χ4n) is 2.35. The van der Waals surface area contributed by atoms with Crippen molar-refractivity contribution in [2.75, 3.05) is 0 Å². The summed E-state index contributed by atoms with van der Waals surface area (Å²) in [5.74, 6) is -1.95. The maximum absolute atomic E-state index is 13.5. The van der Waals surface area contributed by atoms with Crippen molar-refractivity contribution in [1.29, 1.82) is 0 Å². The normalized spacial score (nSPS) is 12.1. The third-order valence-electron chi connectivity index (χ3n) is 3.56. The Morgan fingerprint density at radius 3 is 2.38 bits per heavy atom. The number of carboxylic acids is 1. The van der Waals surface area contributed by atoms with Crippen LogP contribution in [0.3, 0.4) is 0 Å². The molecule has 0 aromatic carbocycles. The van der Waals surface area contributed by atoms with Crippen LogP contribution in [0.25, 0.3) is 6.08 Å². The smallest absolute Gasteiger partial charge is 0.420 e. The van der Waals surface area contributed by atoms with E-state index in [1.807, 2.05) is 0 Å². The largest absolute Gasteiger partial charge is 0.476 e. The number of carboxylic acid groups (broad SMARTS) is 1. The van der Waals surface area contributed by atoms with Crippen molar-refractivity contribution in [1.82, 2.24) is 14.8 Å². The summed E-state index contributed by atoms with van der Waals surface area (Å²) in [6, 6.07) is 0. The number of aromatic nitrogens is 3. The van der Waals surface area contributed by atoms with Crippen molar-refractivity contribution in [2.24, 2.45) is 0 Å². The highest BCUT2D eigenvalue weighted by Crippen LogP contribution is 2.41. The van der Waals surface area contributed by atoms with Crippen molar-refractivity contribution in [2.45, 2.75) is 39.4 Å². The molecule has 0 unspecified atom stereocenters. The van der Waals surface area contributed by atoms with Crippen LogP contribution in [0.4, 0.5) is 13.2 Å². The predicted molar refractivity (Wildman–Crippen MR) is 88.3 cm³/mol. The predicted octanol–water partition coefficient (Wildman–Crippen LogP) is 4.49. The molecular weight excluding hydrogens is 351 g/mol. The summed E-state index contributed by atoms with van der Waals surface area (Å²) in [6.07, 6.45) is -1.73. The lowest BCUT2D eigenvalue weighted by Gasteiger charge is -2.23. The van der Waals surface area contributed by atoms with Gasteiger partial charge in [-0.2, -0.15) is 18.3 Å². The van der Waals surface area contributed by atoms with E-state index < -0.39 is 29.0 Å². The number of ether oxygens (including phenoxy) is 1. The number of pyridine rings is 1. The van der Waals surface area contributed by atoms with E-state index in [1.54, 1.807) is 20.8 Å². The van der Waals surface area contributed by atoms with Crippen LogP contribution in [0, 0.1) is 6.92 Å². The maximum atomic E-state index is 13.5. The van der Waals surface area contributed by atoms with Gasteiger partial charge < -0.3 is 9.84 Å². The zero-order valence-electron chi connectivity index (χ0n) is 14.7. The van der Waals surface area contributed by atoms with Gasteiger partial charge in [-0.3, -0.25) is 4.98 Å². The molecule has 0 atom stereocenters. The maximum Gasteiger partial charge on any atom is 0.420 e. The van der Waals surface area contributed by atoms with E-state index in [0.29, 0.717) is 0 Å². The van der Waals surface area contributed by atoms with Crippen LogP contribution < -0.4 is 4.74 Å². The number of rotatable bonds is 4. The van der Waals surface area contributed by atoms with Crippen LogP contribution in [0.2, 0.25) is 0 Å². The first kappa shape index (κ1) is 19.5. The highest BCUT2D eigenvalue weighted by Gasteiger charge is 2.38. The Morgan fingerprint density at radius 2 is 1.92 bits per heavy atom. The molecule has 6 nitrogen and oxygen atoms in total. The van der Waals surface area contributed by atoms with Crippen LogP contribution in [0.1, 0.15) is 48.0 Å². The summed E-state index contributed by atoms with van der Waals surface area (Å²) in [4.78, 5) is 15.1. The molecule has 0 radical (unpaired) electrons. The molecule has 26 heavy (non-hydrogen) atoms. The lowest BCUT2D eigenvalue weighted by Crippen LogP contribution is -2.24. The third kappa shape index (κ3) is 3.56. The number of aromatic carboxylic acids is 1. The standard InChI is InChI=1S/C17H18F3N3O3/c1-6-10-7-21-8-11(12(10)17(18,19)20)26-14-9(2)13(15(24)25)22-23(14)16(3,4)5/h6-8H,1H2,2-5H3,(H,24,25). The summed E-state index contributed by atoms with van der Waals surface area (Å²) in [6.45, 7) is 9.96. The molecule has 1 N–H and O–H groups in total. The second-order valence-electron chi connectivity index (χ2n) is 6.57. The Kier molecular flexibility index (Phi) is 4.85. The van der Waals surface area contributed by atoms with Crippen molar-refractivity contribution in [3.63, 3.8) is 0 Å². The average molecular weight is 369 g/mol.